The monoisotopic (exact) mass is 508 g/mol. The highest BCUT2D eigenvalue weighted by molar-refractivity contribution is 5.69. The highest BCUT2D eigenvalue weighted by Crippen LogP contribution is 2.09. The Kier molecular flexibility index (Phi) is 20.1. The summed E-state index contributed by atoms with van der Waals surface area (Å²) >= 11 is 0. The summed E-state index contributed by atoms with van der Waals surface area (Å²) in [6, 6.07) is 0. The van der Waals surface area contributed by atoms with Gasteiger partial charge in [0.25, 0.3) is 10.2 Å². The lowest BCUT2D eigenvalue weighted by atomic mass is 10.1. The SMILES string of the molecule is CCCCCCCC(=O)OCC(COC(=O)CCCCCCC)OCC(CO[N+](=O)[O-])O[N+](=O)[O-]. The van der Waals surface area contributed by atoms with Gasteiger partial charge in [-0.3, -0.25) is 9.59 Å². The molecule has 0 aliphatic rings. The summed E-state index contributed by atoms with van der Waals surface area (Å²) in [6.45, 7) is 2.47. The Morgan fingerprint density at radius 1 is 0.657 bits per heavy atom. The second-order valence-corrected chi connectivity index (χ2v) is 8.12. The van der Waals surface area contributed by atoms with Crippen LogP contribution >= 0.6 is 0 Å². The lowest BCUT2D eigenvalue weighted by Gasteiger charge is -2.21. The lowest BCUT2D eigenvalue weighted by Crippen LogP contribution is -2.35. The number of unbranched alkanes of at least 4 members (excludes halogenated alkanes) is 8. The van der Waals surface area contributed by atoms with Gasteiger partial charge in [-0.05, 0) is 12.8 Å². The van der Waals surface area contributed by atoms with Crippen molar-refractivity contribution in [3.63, 3.8) is 0 Å². The predicted molar refractivity (Wildman–Crippen MR) is 123 cm³/mol. The van der Waals surface area contributed by atoms with Crippen molar-refractivity contribution in [3.05, 3.63) is 20.2 Å². The van der Waals surface area contributed by atoms with Crippen molar-refractivity contribution in [1.29, 1.82) is 0 Å². The molecule has 0 rings (SSSR count). The van der Waals surface area contributed by atoms with Crippen LogP contribution in [0.1, 0.15) is 90.9 Å². The van der Waals surface area contributed by atoms with Crippen molar-refractivity contribution in [1.82, 2.24) is 0 Å². The largest absolute Gasteiger partial charge is 0.463 e. The van der Waals surface area contributed by atoms with Crippen LogP contribution in [0, 0.1) is 20.2 Å². The van der Waals surface area contributed by atoms with Crippen molar-refractivity contribution >= 4 is 11.9 Å². The van der Waals surface area contributed by atoms with Crippen molar-refractivity contribution < 1.29 is 43.6 Å². The summed E-state index contributed by atoms with van der Waals surface area (Å²) < 4.78 is 15.9. The first-order valence-corrected chi connectivity index (χ1v) is 12.3. The number of esters is 2. The van der Waals surface area contributed by atoms with Crippen LogP contribution in [-0.2, 0) is 33.5 Å². The molecule has 1 unspecified atom stereocenters. The van der Waals surface area contributed by atoms with Gasteiger partial charge in [0.1, 0.15) is 25.9 Å². The van der Waals surface area contributed by atoms with Crippen LogP contribution in [-0.4, -0.2) is 60.7 Å². The first kappa shape index (κ1) is 32.3. The Labute approximate surface area is 206 Å². The topological polar surface area (TPSA) is 167 Å². The molecule has 13 heteroatoms. The van der Waals surface area contributed by atoms with Crippen molar-refractivity contribution in [3.8, 4) is 0 Å². The van der Waals surface area contributed by atoms with Gasteiger partial charge in [0.2, 0.25) is 0 Å². The average molecular weight is 509 g/mol. The molecular formula is C22H40N2O11. The summed E-state index contributed by atoms with van der Waals surface area (Å²) in [6.07, 6.45) is 7.79. The average Bonchev–Trinajstić information content (AvgIpc) is 2.81. The third-order valence-corrected chi connectivity index (χ3v) is 4.95. The number of rotatable bonds is 24. The molecule has 0 aromatic carbocycles. The van der Waals surface area contributed by atoms with Crippen LogP contribution in [0.2, 0.25) is 0 Å². The second-order valence-electron chi connectivity index (χ2n) is 8.12. The van der Waals surface area contributed by atoms with Gasteiger partial charge in [-0.1, -0.05) is 65.2 Å². The third kappa shape index (κ3) is 21.6. The van der Waals surface area contributed by atoms with E-state index in [0.29, 0.717) is 12.8 Å². The fourth-order valence-corrected chi connectivity index (χ4v) is 3.02. The van der Waals surface area contributed by atoms with Crippen molar-refractivity contribution in [2.45, 2.75) is 103 Å². The molecule has 1 atom stereocenters. The van der Waals surface area contributed by atoms with Gasteiger partial charge in [0.15, 0.2) is 6.10 Å². The molecule has 0 fully saturated rings. The van der Waals surface area contributed by atoms with Crippen LogP contribution in [0.25, 0.3) is 0 Å². The first-order valence-electron chi connectivity index (χ1n) is 12.3. The summed E-state index contributed by atoms with van der Waals surface area (Å²) in [5, 5.41) is 18.8. The molecule has 35 heavy (non-hydrogen) atoms. The zero-order valence-electron chi connectivity index (χ0n) is 20.9. The highest BCUT2D eigenvalue weighted by Gasteiger charge is 2.21. The molecule has 0 aromatic rings. The summed E-state index contributed by atoms with van der Waals surface area (Å²) in [4.78, 5) is 53.5. The number of carbonyl (C=O) groups is 2. The molecule has 0 aliphatic carbocycles. The Hall–Kier alpha value is -2.70. The molecule has 0 saturated heterocycles. The second kappa shape index (κ2) is 21.8. The molecule has 204 valence electrons. The van der Waals surface area contributed by atoms with E-state index in [2.05, 4.69) is 23.5 Å². The standard InChI is InChI=1S/C22H40N2O11/c1-3-5-7-9-11-13-21(25)32-15-19(16-33-22(26)14-12-10-8-6-4-2)31-17-20(35-24(29)30)18-34-23(27)28/h19-20H,3-18H2,1-2H3. The molecule has 0 saturated carbocycles. The van der Waals surface area contributed by atoms with E-state index in [1.54, 1.807) is 0 Å². The number of ether oxygens (including phenoxy) is 3. The minimum absolute atomic E-state index is 0.234. The molecule has 0 N–H and O–H groups in total. The summed E-state index contributed by atoms with van der Waals surface area (Å²) in [5.74, 6) is -0.876. The van der Waals surface area contributed by atoms with Gasteiger partial charge >= 0.3 is 11.9 Å². The summed E-state index contributed by atoms with van der Waals surface area (Å²) in [5.41, 5.74) is 0. The predicted octanol–water partition coefficient (Wildman–Crippen LogP) is 3.96. The van der Waals surface area contributed by atoms with Crippen LogP contribution in [0.15, 0.2) is 0 Å². The number of carbonyl (C=O) groups excluding carboxylic acids is 2. The van der Waals surface area contributed by atoms with E-state index in [9.17, 15) is 29.8 Å². The molecular weight excluding hydrogens is 468 g/mol. The van der Waals surface area contributed by atoms with Gasteiger partial charge in [-0.25, -0.2) is 0 Å². The van der Waals surface area contributed by atoms with Crippen molar-refractivity contribution in [2.75, 3.05) is 26.4 Å². The molecule has 0 heterocycles. The molecule has 0 amide bonds. The fraction of sp³-hybridized carbons (Fsp3) is 0.909. The zero-order chi connectivity index (χ0) is 26.3. The first-order chi connectivity index (χ1) is 16.8. The van der Waals surface area contributed by atoms with Crippen LogP contribution in [0.4, 0.5) is 0 Å². The van der Waals surface area contributed by atoms with Crippen LogP contribution in [0.5, 0.6) is 0 Å². The maximum absolute atomic E-state index is 12.0. The zero-order valence-corrected chi connectivity index (χ0v) is 20.9. The third-order valence-electron chi connectivity index (χ3n) is 4.95. The Balaban J connectivity index is 4.69. The minimum Gasteiger partial charge on any atom is -0.463 e. The van der Waals surface area contributed by atoms with Gasteiger partial charge < -0.3 is 23.9 Å². The van der Waals surface area contributed by atoms with E-state index in [1.165, 1.54) is 0 Å². The van der Waals surface area contributed by atoms with Crippen LogP contribution in [0.3, 0.4) is 0 Å². The van der Waals surface area contributed by atoms with Crippen LogP contribution < -0.4 is 0 Å². The smallest absolute Gasteiger partial charge is 0.305 e. The number of hydrogen-bond acceptors (Lipinski definition) is 11. The quantitative estimate of drug-likeness (QED) is 0.0801. The highest BCUT2D eigenvalue weighted by atomic mass is 17.0. The van der Waals surface area contributed by atoms with Gasteiger partial charge in [-0.2, -0.15) is 0 Å². The maximum atomic E-state index is 12.0. The fourth-order valence-electron chi connectivity index (χ4n) is 3.02. The minimum atomic E-state index is -1.40. The van der Waals surface area contributed by atoms with E-state index in [4.69, 9.17) is 14.2 Å². The molecule has 0 bridgehead atoms. The molecule has 0 spiro atoms. The maximum Gasteiger partial charge on any atom is 0.305 e. The van der Waals surface area contributed by atoms with E-state index in [-0.39, 0.29) is 26.1 Å². The normalized spacial score (nSPS) is 11.6. The molecule has 0 aromatic heterocycles. The van der Waals surface area contributed by atoms with Gasteiger partial charge in [-0.15, -0.1) is 20.2 Å². The summed E-state index contributed by atoms with van der Waals surface area (Å²) in [7, 11) is 0. The Bertz CT molecular complexity index is 574. The van der Waals surface area contributed by atoms with Gasteiger partial charge in [0.05, 0.1) is 6.61 Å². The van der Waals surface area contributed by atoms with Crippen molar-refractivity contribution in [2.24, 2.45) is 0 Å². The molecule has 0 aliphatic heterocycles. The molecule has 13 nitrogen and oxygen atoms in total. The lowest BCUT2D eigenvalue weighted by molar-refractivity contribution is -0.790. The van der Waals surface area contributed by atoms with E-state index in [1.807, 2.05) is 0 Å². The van der Waals surface area contributed by atoms with E-state index >= 15 is 0 Å². The van der Waals surface area contributed by atoms with E-state index < -0.39 is 47.5 Å². The van der Waals surface area contributed by atoms with E-state index in [0.717, 1.165) is 51.4 Å². The van der Waals surface area contributed by atoms with Gasteiger partial charge in [0, 0.05) is 12.8 Å². The number of hydrogen-bond donors (Lipinski definition) is 0. The number of nitrogens with zero attached hydrogens (tertiary/aromatic N) is 2. The molecule has 0 radical (unpaired) electrons. The Morgan fingerprint density at radius 2 is 1.14 bits per heavy atom. The Morgan fingerprint density at radius 3 is 1.57 bits per heavy atom.